The Balaban J connectivity index is 0.00000341. The number of anilines is 1. The number of hydrogen-bond acceptors (Lipinski definition) is 11. The Hall–Kier alpha value is -3.46. The molecule has 0 aliphatic heterocycles. The van der Waals surface area contributed by atoms with Gasteiger partial charge in [-0.1, -0.05) is 32.1 Å². The number of hydrogen-bond donors (Lipinski definition) is 2. The Kier molecular flexibility index (Phi) is 7.02. The number of nitro benzene ring substituents is 2. The van der Waals surface area contributed by atoms with Gasteiger partial charge >= 0.3 is 5.69 Å². The van der Waals surface area contributed by atoms with E-state index in [1.54, 1.807) is 4.68 Å². The third-order valence-electron chi connectivity index (χ3n) is 3.82. The number of aromatic nitrogens is 4. The lowest BCUT2D eigenvalue weighted by molar-refractivity contribution is -0.394. The van der Waals surface area contributed by atoms with Crippen LogP contribution in [0.2, 0.25) is 0 Å². The summed E-state index contributed by atoms with van der Waals surface area (Å²) in [5.41, 5.74) is 1.59. The van der Waals surface area contributed by atoms with Crippen LogP contribution in [-0.4, -0.2) is 40.9 Å². The number of nitro groups is 2. The number of hydrazone groups is 1. The molecular weight excluding hydrogens is 496 g/mol. The molecule has 0 saturated heterocycles. The molecule has 31 heavy (non-hydrogen) atoms. The van der Waals surface area contributed by atoms with Gasteiger partial charge in [0.2, 0.25) is 10.9 Å². The molecule has 0 aliphatic rings. The second kappa shape index (κ2) is 9.13. The molecule has 164 valence electrons. The number of non-ortho nitro benzene ring substituents is 1. The van der Waals surface area contributed by atoms with Crippen molar-refractivity contribution in [1.82, 2.24) is 19.7 Å². The van der Waals surface area contributed by atoms with Gasteiger partial charge in [-0.15, -0.1) is 17.0 Å². The van der Waals surface area contributed by atoms with Crippen molar-refractivity contribution < 1.29 is 15.0 Å². The normalized spacial score (nSPS) is 11.3. The average molecular weight is 513 g/mol. The summed E-state index contributed by atoms with van der Waals surface area (Å²) in [5.74, 6) is -0.728. The predicted molar refractivity (Wildman–Crippen MR) is 119 cm³/mol. The molecule has 2 N–H and O–H groups in total. The summed E-state index contributed by atoms with van der Waals surface area (Å²) >= 11 is 1.25. The fraction of sp³-hybridized carbons (Fsp3) is 0.250. The fourth-order valence-electron chi connectivity index (χ4n) is 2.44. The molecule has 0 saturated carbocycles. The monoisotopic (exact) mass is 512 g/mol. The summed E-state index contributed by atoms with van der Waals surface area (Å²) in [6, 6.07) is 1.66. The molecule has 0 aliphatic carbocycles. The molecule has 0 atom stereocenters. The molecule has 1 aromatic carbocycles. The minimum atomic E-state index is -0.909. The van der Waals surface area contributed by atoms with Crippen LogP contribution < -0.4 is 5.43 Å². The highest BCUT2D eigenvalue weighted by molar-refractivity contribution is 8.93. The van der Waals surface area contributed by atoms with E-state index >= 15 is 0 Å². The Labute approximate surface area is 189 Å². The van der Waals surface area contributed by atoms with Crippen molar-refractivity contribution in [2.24, 2.45) is 5.10 Å². The van der Waals surface area contributed by atoms with Crippen molar-refractivity contribution in [2.45, 2.75) is 26.2 Å². The summed E-state index contributed by atoms with van der Waals surface area (Å²) in [4.78, 5) is 28.8. The van der Waals surface area contributed by atoms with Crippen molar-refractivity contribution in [2.75, 3.05) is 5.43 Å². The third kappa shape index (κ3) is 5.18. The first-order chi connectivity index (χ1) is 14.1. The third-order valence-corrected chi connectivity index (χ3v) is 4.77. The van der Waals surface area contributed by atoms with E-state index in [4.69, 9.17) is 0 Å². The van der Waals surface area contributed by atoms with Crippen LogP contribution in [0.1, 0.15) is 32.0 Å². The van der Waals surface area contributed by atoms with Crippen LogP contribution >= 0.6 is 28.3 Å². The number of nitrogens with zero attached hydrogens (tertiary/aromatic N) is 7. The van der Waals surface area contributed by atoms with Crippen LogP contribution in [0.5, 0.6) is 5.75 Å². The molecule has 0 radical (unpaired) electrons. The molecular formula is C16H17BrN8O5S. The quantitative estimate of drug-likeness (QED) is 0.284. The standard InChI is InChI=1S/C16H16N8O5S.BrH/c1-16(2,3)13-14(22-8-17-7-19-22)30-15(20-13)21-18-6-9-4-10(23(26)27)5-11(12(9)25)24(28)29;/h4-8,25H,1-3H3,(H,20,21);1H/b18-6+;. The molecule has 2 heterocycles. The second-order valence-electron chi connectivity index (χ2n) is 7.05. The summed E-state index contributed by atoms with van der Waals surface area (Å²) in [6.45, 7) is 5.95. The van der Waals surface area contributed by atoms with Crippen molar-refractivity contribution in [3.05, 3.63) is 56.3 Å². The number of rotatable bonds is 6. The van der Waals surface area contributed by atoms with Crippen LogP contribution in [0.4, 0.5) is 16.5 Å². The van der Waals surface area contributed by atoms with E-state index in [9.17, 15) is 25.3 Å². The number of halogens is 1. The molecule has 3 rings (SSSR count). The topological polar surface area (TPSA) is 174 Å². The first-order valence-electron chi connectivity index (χ1n) is 8.39. The maximum Gasteiger partial charge on any atom is 0.318 e. The lowest BCUT2D eigenvalue weighted by Crippen LogP contribution is -2.15. The number of thiazole rings is 1. The van der Waals surface area contributed by atoms with E-state index in [0.29, 0.717) is 11.2 Å². The molecule has 0 fully saturated rings. The van der Waals surface area contributed by atoms with Crippen LogP contribution in [0.3, 0.4) is 0 Å². The summed E-state index contributed by atoms with van der Waals surface area (Å²) in [5, 5.41) is 41.2. The molecule has 0 spiro atoms. The predicted octanol–water partition coefficient (Wildman–Crippen LogP) is 3.57. The second-order valence-corrected chi connectivity index (χ2v) is 8.03. The minimum Gasteiger partial charge on any atom is -0.502 e. The van der Waals surface area contributed by atoms with Gasteiger partial charge in [-0.05, 0) is 0 Å². The molecule has 15 heteroatoms. The maximum absolute atomic E-state index is 11.0. The molecule has 2 aromatic heterocycles. The maximum atomic E-state index is 11.0. The first kappa shape index (κ1) is 23.8. The number of nitrogens with one attached hydrogen (secondary N) is 1. The van der Waals surface area contributed by atoms with Gasteiger partial charge in [0.25, 0.3) is 5.69 Å². The van der Waals surface area contributed by atoms with E-state index in [2.05, 4.69) is 25.6 Å². The number of phenolic OH excluding ortho intramolecular Hbond substituents is 1. The number of aromatic hydroxyl groups is 1. The van der Waals surface area contributed by atoms with Crippen LogP contribution in [0.25, 0.3) is 5.00 Å². The van der Waals surface area contributed by atoms with Crippen LogP contribution in [0, 0.1) is 20.2 Å². The SMILES string of the molecule is Br.CC(C)(C)c1nc(N/N=C/c2cc([N+](=O)[O-])cc([N+](=O)[O-])c2O)sc1-n1cncn1. The van der Waals surface area contributed by atoms with Gasteiger partial charge in [-0.2, -0.15) is 10.2 Å². The Bertz CT molecular complexity index is 1140. The summed E-state index contributed by atoms with van der Waals surface area (Å²) in [6.07, 6.45) is 3.98. The Morgan fingerprint density at radius 3 is 2.52 bits per heavy atom. The number of phenols is 1. The lowest BCUT2D eigenvalue weighted by Gasteiger charge is -2.16. The fourth-order valence-corrected chi connectivity index (χ4v) is 3.50. The molecule has 3 aromatic rings. The Morgan fingerprint density at radius 2 is 1.97 bits per heavy atom. The average Bonchev–Trinajstić information content (AvgIpc) is 3.31. The zero-order chi connectivity index (χ0) is 22.1. The minimum absolute atomic E-state index is 0. The highest BCUT2D eigenvalue weighted by atomic mass is 79.9. The van der Waals surface area contributed by atoms with Crippen molar-refractivity contribution >= 4 is 51.0 Å². The van der Waals surface area contributed by atoms with Gasteiger partial charge in [0.1, 0.15) is 17.7 Å². The van der Waals surface area contributed by atoms with Gasteiger partial charge < -0.3 is 5.11 Å². The van der Waals surface area contributed by atoms with E-state index in [1.165, 1.54) is 24.0 Å². The molecule has 0 unspecified atom stereocenters. The van der Waals surface area contributed by atoms with Crippen molar-refractivity contribution in [3.63, 3.8) is 0 Å². The van der Waals surface area contributed by atoms with Crippen molar-refractivity contribution in [3.8, 4) is 10.8 Å². The van der Waals surface area contributed by atoms with Crippen LogP contribution in [-0.2, 0) is 5.41 Å². The largest absolute Gasteiger partial charge is 0.502 e. The van der Waals surface area contributed by atoms with E-state index < -0.39 is 27.0 Å². The van der Waals surface area contributed by atoms with Gasteiger partial charge in [0.15, 0.2) is 0 Å². The zero-order valence-electron chi connectivity index (χ0n) is 16.4. The van der Waals surface area contributed by atoms with E-state index in [1.807, 2.05) is 20.8 Å². The van der Waals surface area contributed by atoms with Gasteiger partial charge in [-0.25, -0.2) is 14.6 Å². The van der Waals surface area contributed by atoms with E-state index in [-0.39, 0.29) is 28.0 Å². The Morgan fingerprint density at radius 1 is 1.26 bits per heavy atom. The smallest absolute Gasteiger partial charge is 0.318 e. The van der Waals surface area contributed by atoms with Gasteiger partial charge in [-0.3, -0.25) is 25.7 Å². The summed E-state index contributed by atoms with van der Waals surface area (Å²) in [7, 11) is 0. The first-order valence-corrected chi connectivity index (χ1v) is 9.20. The zero-order valence-corrected chi connectivity index (χ0v) is 18.9. The lowest BCUT2D eigenvalue weighted by atomic mass is 9.92. The highest BCUT2D eigenvalue weighted by Crippen LogP contribution is 2.35. The highest BCUT2D eigenvalue weighted by Gasteiger charge is 2.25. The molecule has 0 amide bonds. The van der Waals surface area contributed by atoms with Crippen LogP contribution in [0.15, 0.2) is 29.9 Å². The number of benzene rings is 1. The summed E-state index contributed by atoms with van der Waals surface area (Å²) < 4.78 is 1.57. The molecule has 0 bridgehead atoms. The van der Waals surface area contributed by atoms with Gasteiger partial charge in [0.05, 0.1) is 33.4 Å². The van der Waals surface area contributed by atoms with Crippen molar-refractivity contribution in [1.29, 1.82) is 0 Å². The van der Waals surface area contributed by atoms with Gasteiger partial charge in [0, 0.05) is 11.5 Å². The molecule has 13 nitrogen and oxygen atoms in total. The van der Waals surface area contributed by atoms with E-state index in [0.717, 1.165) is 23.0 Å².